The first kappa shape index (κ1) is 28.8. The Kier molecular flexibility index (Phi) is 8.82. The molecular weight excluding hydrogens is 542 g/mol. The molecule has 0 bridgehead atoms. The molecule has 2 fully saturated rings. The van der Waals surface area contributed by atoms with Gasteiger partial charge in [-0.2, -0.15) is 0 Å². The Morgan fingerprint density at radius 2 is 1.64 bits per heavy atom. The summed E-state index contributed by atoms with van der Waals surface area (Å²) in [5, 5.41) is 11.0. The smallest absolute Gasteiger partial charge is 0.195 e. The molecule has 220 valence electrons. The summed E-state index contributed by atoms with van der Waals surface area (Å²) in [4.78, 5) is 17.6. The van der Waals surface area contributed by atoms with Crippen LogP contribution in [0.3, 0.4) is 0 Å². The number of hydrogen-bond donors (Lipinski definition) is 1. The fourth-order valence-corrected chi connectivity index (χ4v) is 7.79. The maximum Gasteiger partial charge on any atom is 0.195 e. The molecule has 1 saturated carbocycles. The monoisotopic (exact) mass is 583 g/mol. The van der Waals surface area contributed by atoms with Crippen molar-refractivity contribution in [2.24, 2.45) is 5.92 Å². The molecule has 0 amide bonds. The van der Waals surface area contributed by atoms with Gasteiger partial charge in [0.05, 0.1) is 12.7 Å². The van der Waals surface area contributed by atoms with Crippen molar-refractivity contribution in [2.75, 3.05) is 19.7 Å². The number of likely N-dealkylation sites (tertiary alicyclic amines) is 1. The lowest BCUT2D eigenvalue weighted by Crippen LogP contribution is -2.34. The number of aromatic hydroxyl groups is 1. The fraction of sp³-hybridized carbons (Fsp3) is 0.417. The van der Waals surface area contributed by atoms with Crippen molar-refractivity contribution in [1.29, 1.82) is 0 Å². The standard InChI is InChI=1S/C36H41NO4S/c1-24(2)41-31-16-11-27(12-17-31)36-34(32-18-13-29(38)22-33(32)42-36)35(39)26-9-14-30(15-10-26)40-23-25-7-3-4-8-28(21-25)37-19-5-6-20-37/h9-18,22,24-25,28,38H,3-8,19-21,23H2,1-2H3. The molecule has 1 aliphatic heterocycles. The van der Waals surface area contributed by atoms with Gasteiger partial charge in [-0.1, -0.05) is 12.8 Å². The van der Waals surface area contributed by atoms with Crippen LogP contribution >= 0.6 is 11.3 Å². The number of ether oxygens (including phenoxy) is 2. The van der Waals surface area contributed by atoms with Crippen molar-refractivity contribution in [1.82, 2.24) is 4.90 Å². The predicted molar refractivity (Wildman–Crippen MR) is 171 cm³/mol. The minimum absolute atomic E-state index is 0.0341. The van der Waals surface area contributed by atoms with E-state index in [-0.39, 0.29) is 17.6 Å². The van der Waals surface area contributed by atoms with Gasteiger partial charge in [0.15, 0.2) is 5.78 Å². The van der Waals surface area contributed by atoms with Crippen molar-refractivity contribution in [2.45, 2.75) is 70.9 Å². The largest absolute Gasteiger partial charge is 0.508 e. The third-order valence-electron chi connectivity index (χ3n) is 8.65. The van der Waals surface area contributed by atoms with Gasteiger partial charge in [0.25, 0.3) is 0 Å². The van der Waals surface area contributed by atoms with Crippen LogP contribution in [0.5, 0.6) is 17.2 Å². The summed E-state index contributed by atoms with van der Waals surface area (Å²) in [5.41, 5.74) is 2.23. The van der Waals surface area contributed by atoms with Crippen LogP contribution in [0.4, 0.5) is 0 Å². The van der Waals surface area contributed by atoms with Gasteiger partial charge in [-0.3, -0.25) is 4.79 Å². The molecule has 0 spiro atoms. The van der Waals surface area contributed by atoms with Gasteiger partial charge in [-0.05, 0) is 137 Å². The molecule has 1 saturated heterocycles. The number of phenols is 1. The highest BCUT2D eigenvalue weighted by atomic mass is 32.1. The number of fused-ring (bicyclic) bond motifs is 1. The van der Waals surface area contributed by atoms with Crippen LogP contribution in [-0.4, -0.2) is 47.6 Å². The summed E-state index contributed by atoms with van der Waals surface area (Å²) < 4.78 is 13.0. The zero-order valence-electron chi connectivity index (χ0n) is 24.7. The summed E-state index contributed by atoms with van der Waals surface area (Å²) in [6.07, 6.45) is 9.16. The molecule has 2 aliphatic rings. The Balaban J connectivity index is 1.19. The topological polar surface area (TPSA) is 59.0 Å². The predicted octanol–water partition coefficient (Wildman–Crippen LogP) is 8.72. The van der Waals surface area contributed by atoms with Crippen LogP contribution < -0.4 is 9.47 Å². The molecule has 4 aromatic rings. The lowest BCUT2D eigenvalue weighted by Gasteiger charge is -2.28. The van der Waals surface area contributed by atoms with E-state index in [4.69, 9.17) is 9.47 Å². The fourth-order valence-electron chi connectivity index (χ4n) is 6.56. The summed E-state index contributed by atoms with van der Waals surface area (Å²) in [6.45, 7) is 7.25. The first-order valence-electron chi connectivity index (χ1n) is 15.5. The second-order valence-electron chi connectivity index (χ2n) is 12.1. The van der Waals surface area contributed by atoms with E-state index in [1.807, 2.05) is 68.4 Å². The molecule has 1 aromatic heterocycles. The van der Waals surface area contributed by atoms with Crippen LogP contribution in [0, 0.1) is 5.92 Å². The maximum atomic E-state index is 14.0. The summed E-state index contributed by atoms with van der Waals surface area (Å²) in [6, 6.07) is 21.4. The number of carbonyl (C=O) groups is 1. The number of ketones is 1. The zero-order valence-corrected chi connectivity index (χ0v) is 25.5. The summed E-state index contributed by atoms with van der Waals surface area (Å²) >= 11 is 1.52. The lowest BCUT2D eigenvalue weighted by atomic mass is 9.97. The number of nitrogens with zero attached hydrogens (tertiary/aromatic N) is 1. The highest BCUT2D eigenvalue weighted by Crippen LogP contribution is 2.41. The second kappa shape index (κ2) is 12.9. The molecule has 1 aliphatic carbocycles. The molecule has 0 radical (unpaired) electrons. The molecule has 1 N–H and O–H groups in total. The Labute approximate surface area is 253 Å². The minimum atomic E-state index is -0.0341. The van der Waals surface area contributed by atoms with Gasteiger partial charge in [-0.15, -0.1) is 11.3 Å². The number of carbonyl (C=O) groups excluding carboxylic acids is 1. The van der Waals surface area contributed by atoms with Gasteiger partial charge in [-0.25, -0.2) is 0 Å². The first-order valence-corrected chi connectivity index (χ1v) is 16.3. The Bertz CT molecular complexity index is 1500. The summed E-state index contributed by atoms with van der Waals surface area (Å²) in [5.74, 6) is 2.35. The quantitative estimate of drug-likeness (QED) is 0.158. The van der Waals surface area contributed by atoms with E-state index in [2.05, 4.69) is 4.90 Å². The number of thiophene rings is 1. The van der Waals surface area contributed by atoms with Crippen LogP contribution in [0.1, 0.15) is 74.7 Å². The molecule has 5 nitrogen and oxygen atoms in total. The number of phenolic OH excluding ortho intramolecular Hbond substituents is 1. The normalized spacial score (nSPS) is 19.7. The molecular formula is C36H41NO4S. The van der Waals surface area contributed by atoms with Crippen LogP contribution in [0.2, 0.25) is 0 Å². The minimum Gasteiger partial charge on any atom is -0.508 e. The molecule has 3 aromatic carbocycles. The number of hydrogen-bond acceptors (Lipinski definition) is 6. The van der Waals surface area contributed by atoms with Gasteiger partial charge in [0, 0.05) is 32.1 Å². The number of benzene rings is 3. The first-order chi connectivity index (χ1) is 20.4. The summed E-state index contributed by atoms with van der Waals surface area (Å²) in [7, 11) is 0. The van der Waals surface area contributed by atoms with E-state index in [9.17, 15) is 9.90 Å². The van der Waals surface area contributed by atoms with Gasteiger partial charge in [0.2, 0.25) is 0 Å². The average Bonchev–Trinajstić information content (AvgIpc) is 3.59. The Morgan fingerprint density at radius 1 is 0.929 bits per heavy atom. The highest BCUT2D eigenvalue weighted by Gasteiger charge is 2.27. The van der Waals surface area contributed by atoms with Gasteiger partial charge >= 0.3 is 0 Å². The van der Waals surface area contributed by atoms with E-state index in [1.54, 1.807) is 12.1 Å². The third kappa shape index (κ3) is 6.50. The van der Waals surface area contributed by atoms with Crippen molar-refractivity contribution in [3.05, 3.63) is 77.9 Å². The van der Waals surface area contributed by atoms with Gasteiger partial charge < -0.3 is 19.5 Å². The average molecular weight is 584 g/mol. The van der Waals surface area contributed by atoms with Crippen molar-refractivity contribution < 1.29 is 19.4 Å². The van der Waals surface area contributed by atoms with E-state index in [0.29, 0.717) is 23.1 Å². The van der Waals surface area contributed by atoms with Crippen LogP contribution in [0.15, 0.2) is 66.7 Å². The molecule has 2 unspecified atom stereocenters. The molecule has 42 heavy (non-hydrogen) atoms. The van der Waals surface area contributed by atoms with Crippen LogP contribution in [0.25, 0.3) is 20.5 Å². The number of rotatable bonds is 9. The molecule has 6 heteroatoms. The maximum absolute atomic E-state index is 14.0. The lowest BCUT2D eigenvalue weighted by molar-refractivity contribution is 0.104. The SMILES string of the molecule is CC(C)Oc1ccc(-c2sc3cc(O)ccc3c2C(=O)c2ccc(OCC3CCCCC(N4CCCC4)C3)cc2)cc1. The molecule has 2 heterocycles. The highest BCUT2D eigenvalue weighted by molar-refractivity contribution is 7.22. The van der Waals surface area contributed by atoms with E-state index in [1.165, 1.54) is 69.4 Å². The third-order valence-corrected chi connectivity index (χ3v) is 9.85. The zero-order chi connectivity index (χ0) is 29.1. The van der Waals surface area contributed by atoms with Gasteiger partial charge in [0.1, 0.15) is 17.2 Å². The van der Waals surface area contributed by atoms with Crippen LogP contribution in [-0.2, 0) is 0 Å². The molecule has 2 atom stereocenters. The second-order valence-corrected chi connectivity index (χ2v) is 13.2. The van der Waals surface area contributed by atoms with E-state index < -0.39 is 0 Å². The van der Waals surface area contributed by atoms with Crippen molar-refractivity contribution >= 4 is 27.2 Å². The van der Waals surface area contributed by atoms with E-state index in [0.717, 1.165) is 38.6 Å². The van der Waals surface area contributed by atoms with Crippen molar-refractivity contribution in [3.8, 4) is 27.7 Å². The van der Waals surface area contributed by atoms with E-state index >= 15 is 0 Å². The Morgan fingerprint density at radius 3 is 2.38 bits per heavy atom. The van der Waals surface area contributed by atoms with Crippen molar-refractivity contribution in [3.63, 3.8) is 0 Å². The molecule has 6 rings (SSSR count). The Hall–Kier alpha value is -3.35.